The molecule has 10 aromatic rings. The molecule has 0 bridgehead atoms. The molecule has 0 amide bonds. The van der Waals surface area contributed by atoms with Crippen molar-refractivity contribution in [3.8, 4) is 79.2 Å². The molecule has 14 heteroatoms. The Balaban J connectivity index is 0.934. The minimum Gasteiger partial charge on any atom is -0.463 e. The van der Waals surface area contributed by atoms with Gasteiger partial charge in [0, 0.05) is 47.0 Å². The van der Waals surface area contributed by atoms with E-state index in [1.165, 1.54) is 99.4 Å². The average Bonchev–Trinajstić information content (AvgIpc) is 0.742. The Morgan fingerprint density at radius 3 is 1.08 bits per heavy atom. The van der Waals surface area contributed by atoms with Crippen LogP contribution in [0.1, 0.15) is 200 Å². The normalized spacial score (nSPS) is 16.3. The predicted octanol–water partition coefficient (Wildman–Crippen LogP) is 23.0. The van der Waals surface area contributed by atoms with Gasteiger partial charge in [0.15, 0.2) is 0 Å². The quantitative estimate of drug-likeness (QED) is 0.0213. The summed E-state index contributed by atoms with van der Waals surface area (Å²) in [5, 5.41) is 2.32. The van der Waals surface area contributed by atoms with E-state index in [-0.39, 0.29) is 56.9 Å². The second kappa shape index (κ2) is 32.4. The van der Waals surface area contributed by atoms with Crippen molar-refractivity contribution in [2.24, 2.45) is 11.8 Å². The standard InChI is InChI=1S/C84H86F4N4O6/c1-5-9-11-13-41-95-83-89-49-67(50-90-83)65-45-71(85)79(72(86)46-65)81(93)97-75-39-35-63-43-61(59-29-25-57(26-30-59)55-21-17-53(15-7-3)18-22-55)33-37-69(63)77(75)78-70-38-34-62(60-31-27-58(28-32-60)56-23-19-54(16-8-4)20-24-56)44-64(70)36-40-76(78)98-82(94)80-73(87)47-66(48-74(80)88)68-51-91-84(92-52-68)96-42-14-12-10-6-2/h25-40,43-56H,5-24,41-42H2,1-4H3. The van der Waals surface area contributed by atoms with Crippen molar-refractivity contribution in [2.75, 3.05) is 13.2 Å². The van der Waals surface area contributed by atoms with Crippen molar-refractivity contribution in [2.45, 2.75) is 168 Å². The van der Waals surface area contributed by atoms with E-state index in [1.54, 1.807) is 12.1 Å². The molecule has 2 aliphatic carbocycles. The summed E-state index contributed by atoms with van der Waals surface area (Å²) in [5.74, 6) is -5.27. The smallest absolute Gasteiger partial charge is 0.349 e. The third-order valence-electron chi connectivity index (χ3n) is 20.0. The summed E-state index contributed by atoms with van der Waals surface area (Å²) in [6, 6.07) is 40.0. The molecule has 2 fully saturated rings. The van der Waals surface area contributed by atoms with Crippen molar-refractivity contribution in [3.05, 3.63) is 204 Å². The van der Waals surface area contributed by atoms with Gasteiger partial charge < -0.3 is 18.9 Å². The molecule has 8 aromatic carbocycles. The van der Waals surface area contributed by atoms with E-state index in [2.05, 4.69) is 96.2 Å². The van der Waals surface area contributed by atoms with Crippen molar-refractivity contribution >= 4 is 33.5 Å². The molecule has 2 aliphatic rings. The Bertz CT molecular complexity index is 4070. The molecule has 2 aromatic heterocycles. The zero-order valence-corrected chi connectivity index (χ0v) is 56.6. The summed E-state index contributed by atoms with van der Waals surface area (Å²) in [4.78, 5) is 46.5. The van der Waals surface area contributed by atoms with E-state index in [0.29, 0.717) is 46.6 Å². The number of carbonyl (C=O) groups excluding carboxylic acids is 2. The van der Waals surface area contributed by atoms with Gasteiger partial charge in [-0.05, 0) is 202 Å². The largest absolute Gasteiger partial charge is 0.463 e. The van der Waals surface area contributed by atoms with Crippen LogP contribution in [-0.2, 0) is 0 Å². The molecule has 0 unspecified atom stereocenters. The number of nitrogens with zero attached hydrogens (tertiary/aromatic N) is 4. The average molecular weight is 1320 g/mol. The molecule has 0 spiro atoms. The van der Waals surface area contributed by atoms with Crippen LogP contribution in [0.2, 0.25) is 0 Å². The maximum atomic E-state index is 16.6. The van der Waals surface area contributed by atoms with Crippen molar-refractivity contribution < 1.29 is 46.1 Å². The summed E-state index contributed by atoms with van der Waals surface area (Å²) in [6.45, 7) is 9.61. The first-order valence-electron chi connectivity index (χ1n) is 35.5. The number of ether oxygens (including phenoxy) is 4. The molecule has 0 aliphatic heterocycles. The fraction of sp³-hybridized carbons (Fsp3) is 0.357. The monoisotopic (exact) mass is 1320 g/mol. The van der Waals surface area contributed by atoms with Crippen LogP contribution in [0.25, 0.3) is 77.2 Å². The fourth-order valence-corrected chi connectivity index (χ4v) is 14.6. The lowest BCUT2D eigenvalue weighted by molar-refractivity contribution is 0.0712. The maximum Gasteiger partial charge on any atom is 0.349 e. The number of esters is 2. The van der Waals surface area contributed by atoms with Crippen LogP contribution in [0, 0.1) is 35.1 Å². The Kier molecular flexibility index (Phi) is 22.7. The van der Waals surface area contributed by atoms with E-state index in [9.17, 15) is 9.59 Å². The summed E-state index contributed by atoms with van der Waals surface area (Å²) < 4.78 is 90.3. The molecular formula is C84H86F4N4O6. The summed E-state index contributed by atoms with van der Waals surface area (Å²) >= 11 is 0. The first kappa shape index (κ1) is 68.6. The van der Waals surface area contributed by atoms with E-state index >= 15 is 17.6 Å². The number of benzene rings is 8. The molecule has 2 saturated carbocycles. The summed E-state index contributed by atoms with van der Waals surface area (Å²) in [7, 11) is 0. The molecule has 2 heterocycles. The lowest BCUT2D eigenvalue weighted by atomic mass is 9.77. The lowest BCUT2D eigenvalue weighted by Gasteiger charge is -2.28. The van der Waals surface area contributed by atoms with Crippen LogP contribution in [-0.4, -0.2) is 45.1 Å². The molecule has 0 radical (unpaired) electrons. The van der Waals surface area contributed by atoms with E-state index in [4.69, 9.17) is 18.9 Å². The molecule has 10 nitrogen and oxygen atoms in total. The molecule has 0 N–H and O–H groups in total. The van der Waals surface area contributed by atoms with E-state index < -0.39 is 46.3 Å². The van der Waals surface area contributed by atoms with Crippen molar-refractivity contribution in [3.63, 3.8) is 0 Å². The van der Waals surface area contributed by atoms with Gasteiger partial charge in [0.2, 0.25) is 0 Å². The third-order valence-corrected chi connectivity index (χ3v) is 20.0. The number of hydrogen-bond donors (Lipinski definition) is 0. The first-order valence-corrected chi connectivity index (χ1v) is 35.5. The van der Waals surface area contributed by atoms with Gasteiger partial charge in [0.25, 0.3) is 0 Å². The second-order valence-electron chi connectivity index (χ2n) is 26.7. The van der Waals surface area contributed by atoms with Crippen LogP contribution in [0.15, 0.2) is 158 Å². The van der Waals surface area contributed by atoms with Gasteiger partial charge in [-0.15, -0.1) is 0 Å². The van der Waals surface area contributed by atoms with Gasteiger partial charge in [-0.25, -0.2) is 47.1 Å². The fourth-order valence-electron chi connectivity index (χ4n) is 14.6. The van der Waals surface area contributed by atoms with Crippen LogP contribution in [0.3, 0.4) is 0 Å². The Hall–Kier alpha value is -9.30. The first-order chi connectivity index (χ1) is 47.9. The van der Waals surface area contributed by atoms with Crippen molar-refractivity contribution in [1.29, 1.82) is 0 Å². The van der Waals surface area contributed by atoms with Gasteiger partial charge >= 0.3 is 24.0 Å². The SMILES string of the molecule is CCCCCCOc1ncc(-c2cc(F)c(C(=O)Oc3ccc4cc(-c5ccc(C6CCC(CCC)CC6)cc5)ccc4c3-c3c(OC(=O)c4c(F)cc(-c5cnc(OCCCCCC)nc5)cc4F)ccc4cc(-c5ccc(C6CCC(CCC)CC6)cc5)ccc34)c(F)c2)cn1. The molecule has 98 heavy (non-hydrogen) atoms. The highest BCUT2D eigenvalue weighted by Crippen LogP contribution is 2.48. The van der Waals surface area contributed by atoms with Crippen LogP contribution in [0.5, 0.6) is 23.5 Å². The maximum absolute atomic E-state index is 16.6. The number of rotatable bonds is 27. The number of carbonyl (C=O) groups is 2. The van der Waals surface area contributed by atoms with Gasteiger partial charge in [-0.2, -0.15) is 0 Å². The summed E-state index contributed by atoms with van der Waals surface area (Å²) in [5.41, 5.74) is 5.52. The second-order valence-corrected chi connectivity index (χ2v) is 26.7. The number of fused-ring (bicyclic) bond motifs is 2. The molecule has 12 rings (SSSR count). The highest BCUT2D eigenvalue weighted by molar-refractivity contribution is 6.12. The highest BCUT2D eigenvalue weighted by atomic mass is 19.1. The van der Waals surface area contributed by atoms with Crippen LogP contribution >= 0.6 is 0 Å². The van der Waals surface area contributed by atoms with Gasteiger partial charge in [-0.1, -0.05) is 177 Å². The van der Waals surface area contributed by atoms with Crippen molar-refractivity contribution in [1.82, 2.24) is 19.9 Å². The molecular weight excluding hydrogens is 1240 g/mol. The van der Waals surface area contributed by atoms with Gasteiger partial charge in [0.1, 0.15) is 45.9 Å². The van der Waals surface area contributed by atoms with E-state index in [1.807, 2.05) is 36.4 Å². The topological polar surface area (TPSA) is 123 Å². The van der Waals surface area contributed by atoms with E-state index in [0.717, 1.165) is 135 Å². The number of hydrogen-bond acceptors (Lipinski definition) is 10. The molecule has 506 valence electrons. The minimum absolute atomic E-state index is 0.0729. The number of unbranched alkanes of at least 4 members (excludes halogenated alkanes) is 6. The minimum atomic E-state index is -1.36. The highest BCUT2D eigenvalue weighted by Gasteiger charge is 2.30. The Labute approximate surface area is 572 Å². The lowest BCUT2D eigenvalue weighted by Crippen LogP contribution is -2.15. The Morgan fingerprint density at radius 1 is 0.378 bits per heavy atom. The predicted molar refractivity (Wildman–Crippen MR) is 381 cm³/mol. The number of halogens is 4. The summed E-state index contributed by atoms with van der Waals surface area (Å²) in [6.07, 6.45) is 28.1. The zero-order chi connectivity index (χ0) is 68.1. The van der Waals surface area contributed by atoms with Crippen LogP contribution in [0.4, 0.5) is 17.6 Å². The van der Waals surface area contributed by atoms with Crippen LogP contribution < -0.4 is 18.9 Å². The van der Waals surface area contributed by atoms with Gasteiger partial charge in [0.05, 0.1) is 13.2 Å². The van der Waals surface area contributed by atoms with Gasteiger partial charge in [-0.3, -0.25) is 0 Å². The third kappa shape index (κ3) is 16.1. The molecule has 0 atom stereocenters. The molecule has 0 saturated heterocycles. The zero-order valence-electron chi connectivity index (χ0n) is 56.6. The Morgan fingerprint density at radius 2 is 0.735 bits per heavy atom. The number of aromatic nitrogens is 4.